The lowest BCUT2D eigenvalue weighted by molar-refractivity contribution is 0.0582. The summed E-state index contributed by atoms with van der Waals surface area (Å²) in [6, 6.07) is 5.23. The Morgan fingerprint density at radius 1 is 1.38 bits per heavy atom. The fourth-order valence-corrected chi connectivity index (χ4v) is 3.11. The maximum absolute atomic E-state index is 12.8. The largest absolute Gasteiger partial charge is 0.496 e. The molecule has 0 atom stereocenters. The second-order valence-electron chi connectivity index (χ2n) is 5.36. The van der Waals surface area contributed by atoms with Crippen LogP contribution in [0.5, 0.6) is 5.75 Å². The Labute approximate surface area is 130 Å². The van der Waals surface area contributed by atoms with E-state index in [1.165, 1.54) is 13.5 Å². The van der Waals surface area contributed by atoms with Gasteiger partial charge in [-0.1, -0.05) is 30.9 Å². The molecule has 1 N–H and O–H groups in total. The van der Waals surface area contributed by atoms with Gasteiger partial charge in [0, 0.05) is 17.6 Å². The van der Waals surface area contributed by atoms with Crippen molar-refractivity contribution in [3.05, 3.63) is 28.8 Å². The van der Waals surface area contributed by atoms with Crippen molar-refractivity contribution in [2.24, 2.45) is 0 Å². The van der Waals surface area contributed by atoms with Gasteiger partial charge in [0.05, 0.1) is 19.3 Å². The summed E-state index contributed by atoms with van der Waals surface area (Å²) < 4.78 is 5.27. The summed E-state index contributed by atoms with van der Waals surface area (Å²) in [7, 11) is 1.53. The van der Waals surface area contributed by atoms with Crippen molar-refractivity contribution in [3.8, 4) is 5.75 Å². The summed E-state index contributed by atoms with van der Waals surface area (Å²) in [5.41, 5.74) is 0.501. The molecule has 2 rings (SSSR count). The fraction of sp³-hybridized carbons (Fsp3) is 0.562. The molecule has 1 saturated carbocycles. The zero-order valence-corrected chi connectivity index (χ0v) is 13.1. The number of hydrogen-bond donors (Lipinski definition) is 1. The number of carbonyl (C=O) groups is 1. The maximum atomic E-state index is 12.8. The number of benzene rings is 1. The molecule has 5 heteroatoms. The number of nitrogens with zero attached hydrogens (tertiary/aromatic N) is 1. The zero-order chi connectivity index (χ0) is 15.2. The van der Waals surface area contributed by atoms with E-state index in [9.17, 15) is 9.90 Å². The molecule has 0 bridgehead atoms. The first kappa shape index (κ1) is 16.1. The van der Waals surface area contributed by atoms with Crippen molar-refractivity contribution in [2.45, 2.75) is 38.1 Å². The van der Waals surface area contributed by atoms with E-state index in [4.69, 9.17) is 16.3 Å². The Hall–Kier alpha value is -1.26. The molecule has 1 amide bonds. The van der Waals surface area contributed by atoms with Crippen molar-refractivity contribution in [3.63, 3.8) is 0 Å². The third-order valence-corrected chi connectivity index (χ3v) is 4.25. The first-order valence-corrected chi connectivity index (χ1v) is 7.80. The smallest absolute Gasteiger partial charge is 0.257 e. The third-order valence-electron chi connectivity index (χ3n) is 4.01. The fourth-order valence-electron chi connectivity index (χ4n) is 2.95. The van der Waals surface area contributed by atoms with Crippen LogP contribution in [0, 0.1) is 0 Å². The van der Waals surface area contributed by atoms with Crippen LogP contribution < -0.4 is 4.74 Å². The van der Waals surface area contributed by atoms with Crippen molar-refractivity contribution in [1.29, 1.82) is 0 Å². The molecule has 0 radical (unpaired) electrons. The molecule has 0 spiro atoms. The molecule has 21 heavy (non-hydrogen) atoms. The Kier molecular flexibility index (Phi) is 5.88. The van der Waals surface area contributed by atoms with E-state index in [0.717, 1.165) is 25.7 Å². The minimum Gasteiger partial charge on any atom is -0.496 e. The highest BCUT2D eigenvalue weighted by Crippen LogP contribution is 2.28. The average Bonchev–Trinajstić information content (AvgIpc) is 2.52. The molecule has 1 aromatic rings. The van der Waals surface area contributed by atoms with E-state index >= 15 is 0 Å². The quantitative estimate of drug-likeness (QED) is 0.909. The Balaban J connectivity index is 2.25. The van der Waals surface area contributed by atoms with Gasteiger partial charge in [-0.05, 0) is 31.0 Å². The van der Waals surface area contributed by atoms with E-state index in [1.807, 2.05) is 0 Å². The Morgan fingerprint density at radius 2 is 2.10 bits per heavy atom. The van der Waals surface area contributed by atoms with E-state index < -0.39 is 0 Å². The maximum Gasteiger partial charge on any atom is 0.257 e. The molecule has 0 aliphatic heterocycles. The Morgan fingerprint density at radius 3 is 2.71 bits per heavy atom. The van der Waals surface area contributed by atoms with Gasteiger partial charge < -0.3 is 14.7 Å². The van der Waals surface area contributed by atoms with Crippen LogP contribution >= 0.6 is 11.6 Å². The number of aliphatic hydroxyl groups excluding tert-OH is 1. The topological polar surface area (TPSA) is 49.8 Å². The molecule has 0 saturated heterocycles. The number of hydrogen-bond acceptors (Lipinski definition) is 3. The van der Waals surface area contributed by atoms with Crippen molar-refractivity contribution < 1.29 is 14.6 Å². The minimum atomic E-state index is -0.0931. The van der Waals surface area contributed by atoms with E-state index in [2.05, 4.69) is 0 Å². The number of rotatable bonds is 5. The van der Waals surface area contributed by atoms with Gasteiger partial charge in [0.25, 0.3) is 5.91 Å². The van der Waals surface area contributed by atoms with Crippen LogP contribution in [-0.2, 0) is 0 Å². The van der Waals surface area contributed by atoms with Crippen LogP contribution in [0.15, 0.2) is 18.2 Å². The van der Waals surface area contributed by atoms with Crippen molar-refractivity contribution in [1.82, 2.24) is 4.90 Å². The van der Waals surface area contributed by atoms with E-state index in [0.29, 0.717) is 22.9 Å². The molecule has 1 fully saturated rings. The van der Waals surface area contributed by atoms with E-state index in [-0.39, 0.29) is 18.6 Å². The summed E-state index contributed by atoms with van der Waals surface area (Å²) in [5, 5.41) is 9.82. The monoisotopic (exact) mass is 311 g/mol. The summed E-state index contributed by atoms with van der Waals surface area (Å²) in [6.07, 6.45) is 5.50. The minimum absolute atomic E-state index is 0.0296. The van der Waals surface area contributed by atoms with Gasteiger partial charge in [0.1, 0.15) is 5.75 Å². The lowest BCUT2D eigenvalue weighted by atomic mass is 9.93. The second kappa shape index (κ2) is 7.66. The van der Waals surface area contributed by atoms with Crippen molar-refractivity contribution in [2.75, 3.05) is 20.3 Å². The molecule has 1 aliphatic rings. The lowest BCUT2D eigenvalue weighted by Crippen LogP contribution is -2.43. The van der Waals surface area contributed by atoms with Crippen LogP contribution in [0.1, 0.15) is 42.5 Å². The highest BCUT2D eigenvalue weighted by Gasteiger charge is 2.27. The van der Waals surface area contributed by atoms with Gasteiger partial charge >= 0.3 is 0 Å². The van der Waals surface area contributed by atoms with Gasteiger partial charge in [0.15, 0.2) is 0 Å². The summed E-state index contributed by atoms with van der Waals surface area (Å²) in [5.74, 6) is 0.385. The summed E-state index contributed by atoms with van der Waals surface area (Å²) in [6.45, 7) is 0.327. The number of aliphatic hydroxyl groups is 1. The average molecular weight is 312 g/mol. The standard InChI is InChI=1S/C16H22ClNO3/c1-21-15-11-12(17)7-8-14(15)16(20)18(9-10-19)13-5-3-2-4-6-13/h7-8,11,13,19H,2-6,9-10H2,1H3. The summed E-state index contributed by atoms with van der Waals surface area (Å²) >= 11 is 5.94. The molecule has 1 aromatic carbocycles. The molecule has 0 heterocycles. The number of halogens is 1. The molecule has 4 nitrogen and oxygen atoms in total. The molecule has 1 aliphatic carbocycles. The van der Waals surface area contributed by atoms with Gasteiger partial charge in [-0.15, -0.1) is 0 Å². The highest BCUT2D eigenvalue weighted by atomic mass is 35.5. The number of amides is 1. The molecule has 116 valence electrons. The van der Waals surface area contributed by atoms with Gasteiger partial charge in [-0.2, -0.15) is 0 Å². The first-order chi connectivity index (χ1) is 10.2. The van der Waals surface area contributed by atoms with Gasteiger partial charge in [-0.3, -0.25) is 4.79 Å². The normalized spacial score (nSPS) is 15.8. The Bertz CT molecular complexity index is 486. The number of ether oxygens (including phenoxy) is 1. The van der Waals surface area contributed by atoms with E-state index in [1.54, 1.807) is 23.1 Å². The number of carbonyl (C=O) groups excluding carboxylic acids is 1. The van der Waals surface area contributed by atoms with Crippen molar-refractivity contribution >= 4 is 17.5 Å². The lowest BCUT2D eigenvalue weighted by Gasteiger charge is -2.34. The first-order valence-electron chi connectivity index (χ1n) is 7.42. The predicted octanol–water partition coefficient (Wildman–Crippen LogP) is 3.12. The van der Waals surface area contributed by atoms with Crippen LogP contribution in [0.25, 0.3) is 0 Å². The number of methoxy groups -OCH3 is 1. The van der Waals surface area contributed by atoms with Gasteiger partial charge in [-0.25, -0.2) is 0 Å². The molecular formula is C16H22ClNO3. The second-order valence-corrected chi connectivity index (χ2v) is 5.80. The molecule has 0 unspecified atom stereocenters. The SMILES string of the molecule is COc1cc(Cl)ccc1C(=O)N(CCO)C1CCCCC1. The zero-order valence-electron chi connectivity index (χ0n) is 12.3. The van der Waals surface area contributed by atoms with Gasteiger partial charge in [0.2, 0.25) is 0 Å². The van der Waals surface area contributed by atoms with Crippen LogP contribution in [0.2, 0.25) is 5.02 Å². The predicted molar refractivity (Wildman–Crippen MR) is 83.0 cm³/mol. The van der Waals surface area contributed by atoms with Crippen LogP contribution in [0.4, 0.5) is 0 Å². The third kappa shape index (κ3) is 3.89. The highest BCUT2D eigenvalue weighted by molar-refractivity contribution is 6.30. The van der Waals surface area contributed by atoms with Crippen LogP contribution in [0.3, 0.4) is 0 Å². The summed E-state index contributed by atoms with van der Waals surface area (Å²) in [4.78, 5) is 14.6. The molecular weight excluding hydrogens is 290 g/mol. The van der Waals surface area contributed by atoms with Crippen LogP contribution in [-0.4, -0.2) is 42.2 Å². The molecule has 0 aromatic heterocycles.